The molecule has 0 spiro atoms. The molecule has 0 saturated carbocycles. The van der Waals surface area contributed by atoms with E-state index in [2.05, 4.69) is 0 Å². The van der Waals surface area contributed by atoms with Gasteiger partial charge in [-0.1, -0.05) is 47.0 Å². The fourth-order valence-corrected chi connectivity index (χ4v) is 2.30. The number of thiocarbonyl (C=S) groups is 1. The fourth-order valence-electron chi connectivity index (χ4n) is 1.45. The molecule has 0 aliphatic carbocycles. The van der Waals surface area contributed by atoms with Crippen molar-refractivity contribution in [1.82, 2.24) is 0 Å². The van der Waals surface area contributed by atoms with Gasteiger partial charge in [0.15, 0.2) is 0 Å². The maximum atomic E-state index is 6.10. The molecule has 19 heavy (non-hydrogen) atoms. The van der Waals surface area contributed by atoms with Gasteiger partial charge in [0, 0.05) is 15.6 Å². The van der Waals surface area contributed by atoms with E-state index in [0.717, 1.165) is 0 Å². The summed E-state index contributed by atoms with van der Waals surface area (Å²) >= 11 is 22.8. The zero-order valence-corrected chi connectivity index (χ0v) is 12.6. The van der Waals surface area contributed by atoms with E-state index in [1.54, 1.807) is 36.4 Å². The van der Waals surface area contributed by atoms with Crippen LogP contribution in [0, 0.1) is 0 Å². The Balaban J connectivity index is 2.30. The van der Waals surface area contributed by atoms with Crippen molar-refractivity contribution in [3.05, 3.63) is 57.0 Å². The van der Waals surface area contributed by atoms with Crippen LogP contribution in [0.25, 0.3) is 0 Å². The third-order valence-corrected chi connectivity index (χ3v) is 3.25. The lowest BCUT2D eigenvalue weighted by molar-refractivity contribution is 0.483. The standard InChI is InChI=1S/C13H8Cl3NOS/c14-8-4-9(15)6-10(5-8)18-12-2-1-7(13(17)19)3-11(12)16/h1-6H,(H2,17,19). The number of hydrogen-bond acceptors (Lipinski definition) is 2. The van der Waals surface area contributed by atoms with Gasteiger partial charge < -0.3 is 10.5 Å². The normalized spacial score (nSPS) is 10.3. The molecule has 0 unspecified atom stereocenters. The van der Waals surface area contributed by atoms with E-state index in [1.165, 1.54) is 0 Å². The average Bonchev–Trinajstić information content (AvgIpc) is 2.30. The predicted molar refractivity (Wildman–Crippen MR) is 83.9 cm³/mol. The van der Waals surface area contributed by atoms with Crippen LogP contribution in [-0.2, 0) is 0 Å². The molecule has 2 aromatic rings. The van der Waals surface area contributed by atoms with Gasteiger partial charge in [-0.15, -0.1) is 0 Å². The van der Waals surface area contributed by atoms with Crippen LogP contribution in [0.5, 0.6) is 11.5 Å². The Bertz CT molecular complexity index is 626. The van der Waals surface area contributed by atoms with Crippen molar-refractivity contribution >= 4 is 52.0 Å². The number of ether oxygens (including phenoxy) is 1. The van der Waals surface area contributed by atoms with Gasteiger partial charge in [-0.05, 0) is 36.4 Å². The molecule has 2 nitrogen and oxygen atoms in total. The number of nitrogens with two attached hydrogens (primary N) is 1. The molecule has 0 atom stereocenters. The zero-order valence-electron chi connectivity index (χ0n) is 9.49. The van der Waals surface area contributed by atoms with E-state index in [1.807, 2.05) is 0 Å². The summed E-state index contributed by atoms with van der Waals surface area (Å²) in [4.78, 5) is 0.277. The van der Waals surface area contributed by atoms with E-state index in [0.29, 0.717) is 32.1 Å². The van der Waals surface area contributed by atoms with Crippen molar-refractivity contribution in [2.24, 2.45) is 5.73 Å². The Hall–Kier alpha value is -1.000. The first-order valence-corrected chi connectivity index (χ1v) is 6.73. The first-order chi connectivity index (χ1) is 8.95. The summed E-state index contributed by atoms with van der Waals surface area (Å²) in [6, 6.07) is 9.97. The van der Waals surface area contributed by atoms with Crippen LogP contribution < -0.4 is 10.5 Å². The lowest BCUT2D eigenvalue weighted by Crippen LogP contribution is -2.08. The minimum Gasteiger partial charge on any atom is -0.456 e. The summed E-state index contributed by atoms with van der Waals surface area (Å²) in [6.45, 7) is 0. The number of hydrogen-bond donors (Lipinski definition) is 1. The largest absolute Gasteiger partial charge is 0.456 e. The molecule has 98 valence electrons. The molecule has 0 aromatic heterocycles. The predicted octanol–water partition coefficient (Wildman–Crippen LogP) is 5.07. The van der Waals surface area contributed by atoms with Gasteiger partial charge in [-0.2, -0.15) is 0 Å². The van der Waals surface area contributed by atoms with Gasteiger partial charge >= 0.3 is 0 Å². The molecule has 0 bridgehead atoms. The Labute approximate surface area is 131 Å². The topological polar surface area (TPSA) is 35.2 Å². The zero-order chi connectivity index (χ0) is 14.0. The molecule has 0 radical (unpaired) electrons. The number of benzene rings is 2. The molecule has 0 aliphatic heterocycles. The van der Waals surface area contributed by atoms with Crippen LogP contribution in [-0.4, -0.2) is 4.99 Å². The Morgan fingerprint density at radius 3 is 2.16 bits per heavy atom. The molecular weight excluding hydrogens is 325 g/mol. The molecule has 0 fully saturated rings. The SMILES string of the molecule is NC(=S)c1ccc(Oc2cc(Cl)cc(Cl)c2)c(Cl)c1. The summed E-state index contributed by atoms with van der Waals surface area (Å²) in [7, 11) is 0. The highest BCUT2D eigenvalue weighted by atomic mass is 35.5. The minimum absolute atomic E-state index is 0.277. The Kier molecular flexibility index (Phi) is 4.53. The van der Waals surface area contributed by atoms with Crippen molar-refractivity contribution < 1.29 is 4.74 Å². The summed E-state index contributed by atoms with van der Waals surface area (Å²) in [6.07, 6.45) is 0. The van der Waals surface area contributed by atoms with Crippen LogP contribution in [0.2, 0.25) is 15.1 Å². The van der Waals surface area contributed by atoms with E-state index in [4.69, 9.17) is 57.5 Å². The summed E-state index contributed by atoms with van der Waals surface area (Å²) in [5.74, 6) is 0.975. The highest BCUT2D eigenvalue weighted by Crippen LogP contribution is 2.32. The quantitative estimate of drug-likeness (QED) is 0.797. The van der Waals surface area contributed by atoms with Gasteiger partial charge in [0.25, 0.3) is 0 Å². The van der Waals surface area contributed by atoms with Crippen molar-refractivity contribution in [2.75, 3.05) is 0 Å². The van der Waals surface area contributed by atoms with Gasteiger partial charge in [-0.3, -0.25) is 0 Å². The second-order valence-corrected chi connectivity index (χ2v) is 5.44. The highest BCUT2D eigenvalue weighted by molar-refractivity contribution is 7.80. The fraction of sp³-hybridized carbons (Fsp3) is 0. The van der Waals surface area contributed by atoms with Crippen molar-refractivity contribution in [3.8, 4) is 11.5 Å². The number of halogens is 3. The monoisotopic (exact) mass is 331 g/mol. The number of rotatable bonds is 3. The van der Waals surface area contributed by atoms with E-state index in [-0.39, 0.29) is 4.99 Å². The maximum Gasteiger partial charge on any atom is 0.146 e. The van der Waals surface area contributed by atoms with E-state index < -0.39 is 0 Å². The third-order valence-electron chi connectivity index (χ3n) is 2.28. The Morgan fingerprint density at radius 2 is 1.63 bits per heavy atom. The second kappa shape index (κ2) is 5.97. The maximum absolute atomic E-state index is 6.10. The second-order valence-electron chi connectivity index (χ2n) is 3.72. The van der Waals surface area contributed by atoms with Crippen molar-refractivity contribution in [1.29, 1.82) is 0 Å². The molecule has 2 aromatic carbocycles. The molecule has 6 heteroatoms. The van der Waals surface area contributed by atoms with Crippen LogP contribution in [0.1, 0.15) is 5.56 Å². The Morgan fingerprint density at radius 1 is 1.00 bits per heavy atom. The molecular formula is C13H8Cl3NOS. The van der Waals surface area contributed by atoms with Crippen LogP contribution in [0.3, 0.4) is 0 Å². The molecule has 0 aliphatic rings. The van der Waals surface area contributed by atoms with Crippen LogP contribution >= 0.6 is 47.0 Å². The van der Waals surface area contributed by atoms with Crippen molar-refractivity contribution in [3.63, 3.8) is 0 Å². The molecule has 2 rings (SSSR count). The third kappa shape index (κ3) is 3.74. The van der Waals surface area contributed by atoms with E-state index in [9.17, 15) is 0 Å². The van der Waals surface area contributed by atoms with Gasteiger partial charge in [0.2, 0.25) is 0 Å². The van der Waals surface area contributed by atoms with Crippen LogP contribution in [0.4, 0.5) is 0 Å². The minimum atomic E-state index is 0.277. The lowest BCUT2D eigenvalue weighted by Gasteiger charge is -2.09. The molecule has 0 heterocycles. The van der Waals surface area contributed by atoms with Gasteiger partial charge in [0.05, 0.1) is 5.02 Å². The summed E-state index contributed by atoms with van der Waals surface area (Å²) in [5, 5.41) is 1.37. The molecule has 0 saturated heterocycles. The molecule has 2 N–H and O–H groups in total. The summed E-state index contributed by atoms with van der Waals surface area (Å²) < 4.78 is 5.62. The lowest BCUT2D eigenvalue weighted by atomic mass is 10.2. The van der Waals surface area contributed by atoms with Gasteiger partial charge in [-0.25, -0.2) is 0 Å². The summed E-state index contributed by atoms with van der Waals surface area (Å²) in [5.41, 5.74) is 6.20. The molecule has 0 amide bonds. The van der Waals surface area contributed by atoms with Crippen molar-refractivity contribution in [2.45, 2.75) is 0 Å². The average molecular weight is 333 g/mol. The first-order valence-electron chi connectivity index (χ1n) is 5.19. The van der Waals surface area contributed by atoms with Crippen LogP contribution in [0.15, 0.2) is 36.4 Å². The first kappa shape index (κ1) is 14.4. The van der Waals surface area contributed by atoms with E-state index >= 15 is 0 Å². The van der Waals surface area contributed by atoms with Gasteiger partial charge in [0.1, 0.15) is 16.5 Å². The smallest absolute Gasteiger partial charge is 0.146 e. The highest BCUT2D eigenvalue weighted by Gasteiger charge is 2.07.